The van der Waals surface area contributed by atoms with Gasteiger partial charge in [-0.25, -0.2) is 4.98 Å². The SMILES string of the molecule is CC(C)c1cc(-c2[c-]cccc2)ncc1[Si](C)(C)C.Cc1cc(-c2[c-]cc(C)c3c2oc2nc(C)c(C)cc23)ncc1CC1CCCC1.[Ir]. The van der Waals surface area contributed by atoms with Gasteiger partial charge in [-0.3, -0.25) is 0 Å². The van der Waals surface area contributed by atoms with Crippen LogP contribution in [0.5, 0.6) is 0 Å². The zero-order valence-corrected chi connectivity index (χ0v) is 33.9. The Morgan fingerprint density at radius 3 is 2.27 bits per heavy atom. The van der Waals surface area contributed by atoms with E-state index < -0.39 is 8.07 Å². The van der Waals surface area contributed by atoms with E-state index in [9.17, 15) is 0 Å². The van der Waals surface area contributed by atoms with Crippen LogP contribution in [-0.4, -0.2) is 23.0 Å². The van der Waals surface area contributed by atoms with Gasteiger partial charge in [0.25, 0.3) is 0 Å². The molecule has 7 rings (SSSR count). The molecule has 1 saturated carbocycles. The van der Waals surface area contributed by atoms with Crippen LogP contribution in [0.4, 0.5) is 0 Å². The number of nitrogens with zero attached hydrogens (tertiary/aromatic N) is 3. The van der Waals surface area contributed by atoms with Crippen molar-refractivity contribution in [1.82, 2.24) is 15.0 Å². The molecule has 1 aliphatic rings. The molecule has 257 valence electrons. The van der Waals surface area contributed by atoms with Gasteiger partial charge in [0.05, 0.1) is 13.7 Å². The maximum atomic E-state index is 6.25. The number of furan rings is 1. The van der Waals surface area contributed by atoms with Crippen LogP contribution in [0, 0.1) is 45.7 Å². The van der Waals surface area contributed by atoms with Gasteiger partial charge in [0, 0.05) is 43.6 Å². The Hall–Kier alpha value is -3.44. The zero-order valence-electron chi connectivity index (χ0n) is 30.5. The van der Waals surface area contributed by atoms with E-state index >= 15 is 0 Å². The number of benzene rings is 2. The van der Waals surface area contributed by atoms with Gasteiger partial charge >= 0.3 is 0 Å². The Balaban J connectivity index is 0.000000205. The number of pyridine rings is 3. The van der Waals surface area contributed by atoms with Gasteiger partial charge < -0.3 is 14.4 Å². The standard InChI is InChI=1S/C26H27N2O.C17H22NSi.Ir/c1-15-9-10-21(25-24(15)22-11-16(2)18(4)28-26(22)29-25)23-12-17(3)20(14-27-23)13-19-7-5-6-8-19;1-13(2)15-11-16(14-9-7-6-8-10-14)18-12-17(15)19(3,4)5;/h9,11-12,14,19H,5-8,13H2,1-4H3;6-9,11-13H,1-5H3;/q2*-1;. The smallest absolute Gasteiger partial charge is 0.216 e. The van der Waals surface area contributed by atoms with E-state index in [2.05, 4.69) is 113 Å². The Kier molecular flexibility index (Phi) is 11.4. The van der Waals surface area contributed by atoms with Crippen LogP contribution in [-0.2, 0) is 26.5 Å². The summed E-state index contributed by atoms with van der Waals surface area (Å²) < 4.78 is 6.25. The second-order valence-corrected chi connectivity index (χ2v) is 20.1. The minimum absolute atomic E-state index is 0. The van der Waals surface area contributed by atoms with Crippen LogP contribution in [0.1, 0.15) is 79.0 Å². The van der Waals surface area contributed by atoms with E-state index in [0.29, 0.717) is 11.6 Å². The molecule has 49 heavy (non-hydrogen) atoms. The predicted molar refractivity (Wildman–Crippen MR) is 204 cm³/mol. The van der Waals surface area contributed by atoms with E-state index in [1.54, 1.807) is 0 Å². The molecule has 0 saturated heterocycles. The van der Waals surface area contributed by atoms with Gasteiger partial charge in [0.2, 0.25) is 5.71 Å². The fourth-order valence-corrected chi connectivity index (χ4v) is 8.70. The van der Waals surface area contributed by atoms with Crippen LogP contribution < -0.4 is 5.19 Å². The molecule has 0 unspecified atom stereocenters. The number of hydrogen-bond donors (Lipinski definition) is 0. The van der Waals surface area contributed by atoms with Crippen molar-refractivity contribution in [3.63, 3.8) is 0 Å². The maximum absolute atomic E-state index is 6.25. The van der Waals surface area contributed by atoms with Gasteiger partial charge in [-0.05, 0) is 72.8 Å². The number of rotatable bonds is 6. The summed E-state index contributed by atoms with van der Waals surface area (Å²) in [7, 11) is -1.34. The van der Waals surface area contributed by atoms with Gasteiger partial charge in [-0.1, -0.05) is 100 Å². The summed E-state index contributed by atoms with van der Waals surface area (Å²) in [5.41, 5.74) is 13.0. The number of aromatic nitrogens is 3. The van der Waals surface area contributed by atoms with Crippen LogP contribution in [0.25, 0.3) is 44.6 Å². The van der Waals surface area contributed by atoms with Crippen LogP contribution in [0.15, 0.2) is 65.3 Å². The largest absolute Gasteiger partial charge is 0.486 e. The quantitative estimate of drug-likeness (QED) is 0.124. The van der Waals surface area contributed by atoms with Crippen molar-refractivity contribution in [3.05, 3.63) is 107 Å². The monoisotopic (exact) mass is 844 g/mol. The van der Waals surface area contributed by atoms with Gasteiger partial charge in [-0.2, -0.15) is 0 Å². The summed E-state index contributed by atoms with van der Waals surface area (Å²) in [6.07, 6.45) is 10.8. The average molecular weight is 844 g/mol. The van der Waals surface area contributed by atoms with E-state index in [1.807, 2.05) is 31.2 Å². The number of aryl methyl sites for hydroxylation is 4. The maximum Gasteiger partial charge on any atom is 0.216 e. The van der Waals surface area contributed by atoms with Gasteiger partial charge in [0.1, 0.15) is 0 Å². The molecule has 1 radical (unpaired) electrons. The first-order valence-electron chi connectivity index (χ1n) is 17.6. The predicted octanol–water partition coefficient (Wildman–Crippen LogP) is 11.0. The fraction of sp³-hybridized carbons (Fsp3) is 0.372. The molecule has 4 heterocycles. The summed E-state index contributed by atoms with van der Waals surface area (Å²) in [6.45, 7) is 20.1. The molecule has 1 aliphatic carbocycles. The summed E-state index contributed by atoms with van der Waals surface area (Å²) in [6, 6.07) is 23.4. The fourth-order valence-electron chi connectivity index (χ4n) is 7.02. The van der Waals surface area contributed by atoms with E-state index in [0.717, 1.165) is 62.5 Å². The van der Waals surface area contributed by atoms with E-state index in [4.69, 9.17) is 9.40 Å². The van der Waals surface area contributed by atoms with Crippen molar-refractivity contribution < 1.29 is 24.5 Å². The minimum Gasteiger partial charge on any atom is -0.486 e. The molecule has 0 bridgehead atoms. The zero-order chi connectivity index (χ0) is 34.2. The second kappa shape index (κ2) is 15.2. The molecule has 2 aromatic carbocycles. The molecule has 6 aromatic rings. The third kappa shape index (κ3) is 7.98. The molecular formula is C43H49IrN3OSi-2. The molecular weight excluding hydrogens is 795 g/mol. The number of hydrogen-bond acceptors (Lipinski definition) is 4. The summed E-state index contributed by atoms with van der Waals surface area (Å²) >= 11 is 0. The van der Waals surface area contributed by atoms with Crippen molar-refractivity contribution in [2.24, 2.45) is 5.92 Å². The Bertz CT molecular complexity index is 2070. The minimum atomic E-state index is -1.34. The Labute approximate surface area is 307 Å². The van der Waals surface area contributed by atoms with Gasteiger partial charge in [0.15, 0.2) is 0 Å². The van der Waals surface area contributed by atoms with E-state index in [-0.39, 0.29) is 20.1 Å². The third-order valence-electron chi connectivity index (χ3n) is 9.99. The Morgan fingerprint density at radius 2 is 1.61 bits per heavy atom. The van der Waals surface area contributed by atoms with Crippen LogP contribution in [0.3, 0.4) is 0 Å². The van der Waals surface area contributed by atoms with Crippen molar-refractivity contribution >= 4 is 35.3 Å². The average Bonchev–Trinajstić information content (AvgIpc) is 3.71. The van der Waals surface area contributed by atoms with Crippen molar-refractivity contribution in [1.29, 1.82) is 0 Å². The molecule has 0 N–H and O–H groups in total. The first-order valence-corrected chi connectivity index (χ1v) is 21.1. The molecule has 4 aromatic heterocycles. The summed E-state index contributed by atoms with van der Waals surface area (Å²) in [4.78, 5) is 14.2. The molecule has 0 aliphatic heterocycles. The molecule has 6 heteroatoms. The molecule has 0 amide bonds. The topological polar surface area (TPSA) is 51.8 Å². The normalized spacial score (nSPS) is 13.5. The summed E-state index contributed by atoms with van der Waals surface area (Å²) in [5, 5.41) is 3.67. The van der Waals surface area contributed by atoms with Crippen LogP contribution >= 0.6 is 0 Å². The molecule has 0 spiro atoms. The Morgan fingerprint density at radius 1 is 0.878 bits per heavy atom. The van der Waals surface area contributed by atoms with Crippen molar-refractivity contribution in [2.75, 3.05) is 0 Å². The second-order valence-electron chi connectivity index (χ2n) is 15.1. The van der Waals surface area contributed by atoms with Crippen LogP contribution in [0.2, 0.25) is 19.6 Å². The summed E-state index contributed by atoms with van der Waals surface area (Å²) in [5.74, 6) is 1.36. The van der Waals surface area contributed by atoms with Crippen molar-refractivity contribution in [2.45, 2.75) is 99.2 Å². The molecule has 1 fully saturated rings. The number of fused-ring (bicyclic) bond motifs is 3. The first-order chi connectivity index (χ1) is 22.9. The third-order valence-corrected chi connectivity index (χ3v) is 12.0. The molecule has 0 atom stereocenters. The first kappa shape index (κ1) is 36.8. The van der Waals surface area contributed by atoms with Gasteiger partial charge in [-0.15, -0.1) is 53.6 Å². The van der Waals surface area contributed by atoms with Crippen molar-refractivity contribution in [3.8, 4) is 22.5 Å². The molecule has 4 nitrogen and oxygen atoms in total. The van der Waals surface area contributed by atoms with E-state index in [1.165, 1.54) is 53.1 Å².